The number of rotatable bonds is 3. The van der Waals surface area contributed by atoms with E-state index in [1.165, 1.54) is 0 Å². The van der Waals surface area contributed by atoms with E-state index in [4.69, 9.17) is 5.11 Å². The molecule has 2 aromatic heterocycles. The lowest BCUT2D eigenvalue weighted by molar-refractivity contribution is 0.102. The number of hydrogen-bond donors (Lipinski definition) is 2. The zero-order valence-corrected chi connectivity index (χ0v) is 11.6. The summed E-state index contributed by atoms with van der Waals surface area (Å²) < 4.78 is 0. The van der Waals surface area contributed by atoms with Crippen molar-refractivity contribution in [3.63, 3.8) is 0 Å². The van der Waals surface area contributed by atoms with Crippen molar-refractivity contribution in [2.24, 2.45) is 0 Å². The van der Waals surface area contributed by atoms with Gasteiger partial charge in [-0.3, -0.25) is 9.78 Å². The number of aliphatic hydroxyl groups is 1. The fourth-order valence-electron chi connectivity index (χ4n) is 1.62. The standard InChI is InChI=1S/C16H15N3O2/c1-12-10-17-8-7-14(12)19-16(21)15-6-5-13(11-18-15)4-2-3-9-20/h5-8,10-11,20H,3,9H2,1H3,(H,17,19,21). The van der Waals surface area contributed by atoms with Gasteiger partial charge in [0.15, 0.2) is 0 Å². The molecular weight excluding hydrogens is 266 g/mol. The van der Waals surface area contributed by atoms with Gasteiger partial charge in [0.05, 0.1) is 6.61 Å². The Hall–Kier alpha value is -2.71. The quantitative estimate of drug-likeness (QED) is 0.841. The second kappa shape index (κ2) is 7.17. The van der Waals surface area contributed by atoms with Crippen molar-refractivity contribution >= 4 is 11.6 Å². The maximum absolute atomic E-state index is 12.1. The summed E-state index contributed by atoms with van der Waals surface area (Å²) in [5, 5.41) is 11.4. The molecule has 0 aromatic carbocycles. The molecule has 0 atom stereocenters. The Morgan fingerprint density at radius 1 is 1.33 bits per heavy atom. The number of pyridine rings is 2. The number of carbonyl (C=O) groups is 1. The predicted octanol–water partition coefficient (Wildman–Crippen LogP) is 1.77. The van der Waals surface area contributed by atoms with Crippen LogP contribution >= 0.6 is 0 Å². The van der Waals surface area contributed by atoms with Crippen LogP contribution in [0.4, 0.5) is 5.69 Å². The van der Waals surface area contributed by atoms with Crippen molar-refractivity contribution < 1.29 is 9.90 Å². The molecule has 106 valence electrons. The van der Waals surface area contributed by atoms with Gasteiger partial charge in [-0.25, -0.2) is 4.98 Å². The molecule has 0 saturated heterocycles. The molecule has 2 heterocycles. The summed E-state index contributed by atoms with van der Waals surface area (Å²) in [5.74, 6) is 5.38. The average molecular weight is 281 g/mol. The van der Waals surface area contributed by atoms with E-state index in [2.05, 4.69) is 27.1 Å². The van der Waals surface area contributed by atoms with Crippen molar-refractivity contribution in [1.82, 2.24) is 9.97 Å². The van der Waals surface area contributed by atoms with E-state index >= 15 is 0 Å². The average Bonchev–Trinajstić information content (AvgIpc) is 2.50. The first-order valence-corrected chi connectivity index (χ1v) is 6.48. The molecule has 0 unspecified atom stereocenters. The van der Waals surface area contributed by atoms with Gasteiger partial charge in [-0.05, 0) is 30.7 Å². The van der Waals surface area contributed by atoms with Crippen molar-refractivity contribution in [2.45, 2.75) is 13.3 Å². The van der Waals surface area contributed by atoms with Crippen molar-refractivity contribution in [2.75, 3.05) is 11.9 Å². The molecule has 2 aromatic rings. The van der Waals surface area contributed by atoms with Crippen molar-refractivity contribution in [3.8, 4) is 11.8 Å². The van der Waals surface area contributed by atoms with Crippen LogP contribution in [0.3, 0.4) is 0 Å². The smallest absolute Gasteiger partial charge is 0.274 e. The van der Waals surface area contributed by atoms with Crippen LogP contribution in [-0.2, 0) is 0 Å². The third-order valence-corrected chi connectivity index (χ3v) is 2.73. The highest BCUT2D eigenvalue weighted by molar-refractivity contribution is 6.03. The van der Waals surface area contributed by atoms with E-state index in [-0.39, 0.29) is 12.5 Å². The Kier molecular flexibility index (Phi) is 5.02. The lowest BCUT2D eigenvalue weighted by Gasteiger charge is -2.06. The minimum absolute atomic E-state index is 0.0339. The number of anilines is 1. The first kappa shape index (κ1) is 14.7. The summed E-state index contributed by atoms with van der Waals surface area (Å²) in [5.41, 5.74) is 2.62. The van der Waals surface area contributed by atoms with Gasteiger partial charge in [0, 0.05) is 36.3 Å². The van der Waals surface area contributed by atoms with Gasteiger partial charge in [0.1, 0.15) is 5.69 Å². The second-order valence-corrected chi connectivity index (χ2v) is 4.35. The van der Waals surface area contributed by atoms with Crippen LogP contribution in [0, 0.1) is 18.8 Å². The molecule has 0 aliphatic rings. The third kappa shape index (κ3) is 4.13. The van der Waals surface area contributed by atoms with Gasteiger partial charge in [-0.2, -0.15) is 0 Å². The molecule has 0 aliphatic heterocycles. The normalized spacial score (nSPS) is 9.62. The van der Waals surface area contributed by atoms with Crippen LogP contribution in [0.5, 0.6) is 0 Å². The topological polar surface area (TPSA) is 75.1 Å². The number of nitrogens with one attached hydrogen (secondary N) is 1. The maximum atomic E-state index is 12.1. The molecule has 21 heavy (non-hydrogen) atoms. The number of aliphatic hydroxyl groups excluding tert-OH is 1. The van der Waals surface area contributed by atoms with Gasteiger partial charge in [-0.1, -0.05) is 11.8 Å². The fourth-order valence-corrected chi connectivity index (χ4v) is 1.62. The maximum Gasteiger partial charge on any atom is 0.274 e. The molecule has 2 N–H and O–H groups in total. The number of carbonyl (C=O) groups excluding carboxylic acids is 1. The molecule has 0 bridgehead atoms. The van der Waals surface area contributed by atoms with Gasteiger partial charge >= 0.3 is 0 Å². The van der Waals surface area contributed by atoms with Crippen LogP contribution in [0.25, 0.3) is 0 Å². The summed E-state index contributed by atoms with van der Waals surface area (Å²) >= 11 is 0. The number of amides is 1. The Labute approximate surface area is 123 Å². The minimum atomic E-state index is -0.279. The highest BCUT2D eigenvalue weighted by atomic mass is 16.2. The Bertz CT molecular complexity index is 685. The molecule has 0 fully saturated rings. The van der Waals surface area contributed by atoms with E-state index in [1.807, 2.05) is 6.92 Å². The van der Waals surface area contributed by atoms with Crippen LogP contribution < -0.4 is 5.32 Å². The molecular formula is C16H15N3O2. The van der Waals surface area contributed by atoms with E-state index in [9.17, 15) is 4.79 Å². The predicted molar refractivity (Wildman–Crippen MR) is 79.7 cm³/mol. The molecule has 2 rings (SSSR count). The number of hydrogen-bond acceptors (Lipinski definition) is 4. The highest BCUT2D eigenvalue weighted by Crippen LogP contribution is 2.12. The number of nitrogens with zero attached hydrogens (tertiary/aromatic N) is 2. The lowest BCUT2D eigenvalue weighted by atomic mass is 10.2. The minimum Gasteiger partial charge on any atom is -0.395 e. The largest absolute Gasteiger partial charge is 0.395 e. The number of aryl methyl sites for hydroxylation is 1. The van der Waals surface area contributed by atoms with E-state index in [1.54, 1.807) is 36.8 Å². The van der Waals surface area contributed by atoms with Gasteiger partial charge < -0.3 is 10.4 Å². The van der Waals surface area contributed by atoms with Crippen molar-refractivity contribution in [1.29, 1.82) is 0 Å². The zero-order valence-electron chi connectivity index (χ0n) is 11.6. The van der Waals surface area contributed by atoms with E-state index in [0.29, 0.717) is 23.4 Å². The van der Waals surface area contributed by atoms with Gasteiger partial charge in [-0.15, -0.1) is 0 Å². The molecule has 5 nitrogen and oxygen atoms in total. The Balaban J connectivity index is 2.07. The summed E-state index contributed by atoms with van der Waals surface area (Å²) in [6.07, 6.45) is 5.26. The molecule has 1 amide bonds. The Morgan fingerprint density at radius 3 is 2.86 bits per heavy atom. The summed E-state index contributed by atoms with van der Waals surface area (Å²) in [4.78, 5) is 20.1. The fraction of sp³-hybridized carbons (Fsp3) is 0.188. The van der Waals surface area contributed by atoms with Crippen LogP contribution in [0.15, 0.2) is 36.8 Å². The molecule has 5 heteroatoms. The zero-order chi connectivity index (χ0) is 15.1. The van der Waals surface area contributed by atoms with E-state index < -0.39 is 0 Å². The van der Waals surface area contributed by atoms with Gasteiger partial charge in [0.2, 0.25) is 0 Å². The Morgan fingerprint density at radius 2 is 2.19 bits per heavy atom. The monoisotopic (exact) mass is 281 g/mol. The van der Waals surface area contributed by atoms with Gasteiger partial charge in [0.25, 0.3) is 5.91 Å². The molecule has 0 saturated carbocycles. The summed E-state index contributed by atoms with van der Waals surface area (Å²) in [6.45, 7) is 1.90. The van der Waals surface area contributed by atoms with Crippen LogP contribution in [0.1, 0.15) is 28.0 Å². The lowest BCUT2D eigenvalue weighted by Crippen LogP contribution is -2.14. The summed E-state index contributed by atoms with van der Waals surface area (Å²) in [7, 11) is 0. The summed E-state index contributed by atoms with van der Waals surface area (Å²) in [6, 6.07) is 5.09. The molecule has 0 spiro atoms. The van der Waals surface area contributed by atoms with Crippen molar-refractivity contribution in [3.05, 3.63) is 53.6 Å². The first-order valence-electron chi connectivity index (χ1n) is 6.48. The van der Waals surface area contributed by atoms with Crippen LogP contribution in [0.2, 0.25) is 0 Å². The van der Waals surface area contributed by atoms with E-state index in [0.717, 1.165) is 5.56 Å². The second-order valence-electron chi connectivity index (χ2n) is 4.35. The van der Waals surface area contributed by atoms with Crippen LogP contribution in [-0.4, -0.2) is 27.6 Å². The third-order valence-electron chi connectivity index (χ3n) is 2.73. The first-order chi connectivity index (χ1) is 10.2. The highest BCUT2D eigenvalue weighted by Gasteiger charge is 2.08. The number of aromatic nitrogens is 2. The SMILES string of the molecule is Cc1cnccc1NC(=O)c1ccc(C#CCCO)cn1. The molecule has 0 aliphatic carbocycles. The molecule has 0 radical (unpaired) electrons.